The van der Waals surface area contributed by atoms with E-state index in [1.807, 2.05) is 37.8 Å². The minimum absolute atomic E-state index is 0.126. The van der Waals surface area contributed by atoms with Crippen LogP contribution in [0.15, 0.2) is 22.7 Å². The molecule has 1 amide bonds. The number of aryl methyl sites for hydroxylation is 1. The van der Waals surface area contributed by atoms with Crippen LogP contribution in [0.3, 0.4) is 0 Å². The zero-order valence-corrected chi connectivity index (χ0v) is 13.5. The highest BCUT2D eigenvalue weighted by Crippen LogP contribution is 2.30. The summed E-state index contributed by atoms with van der Waals surface area (Å²) in [4.78, 5) is 14.6. The second kappa shape index (κ2) is 5.25. The van der Waals surface area contributed by atoms with Crippen LogP contribution in [0.1, 0.15) is 32.8 Å². The average molecular weight is 325 g/mol. The molecule has 1 fully saturated rings. The van der Waals surface area contributed by atoms with Crippen molar-refractivity contribution in [3.05, 3.63) is 28.2 Å². The van der Waals surface area contributed by atoms with Crippen molar-refractivity contribution in [2.24, 2.45) is 0 Å². The summed E-state index contributed by atoms with van der Waals surface area (Å²) in [5.41, 5.74) is 1.61. The molecule has 0 spiro atoms. The van der Waals surface area contributed by atoms with Crippen molar-refractivity contribution in [3.8, 4) is 0 Å². The van der Waals surface area contributed by atoms with E-state index in [9.17, 15) is 4.79 Å². The van der Waals surface area contributed by atoms with E-state index in [1.54, 1.807) is 0 Å². The molecule has 4 heteroatoms. The molecule has 0 saturated carbocycles. The van der Waals surface area contributed by atoms with E-state index in [0.717, 1.165) is 23.1 Å². The normalized spacial score (nSPS) is 23.3. The molecule has 1 unspecified atom stereocenters. The molecule has 1 aromatic carbocycles. The molecule has 3 nitrogen and oxygen atoms in total. The van der Waals surface area contributed by atoms with Crippen molar-refractivity contribution in [2.45, 2.75) is 45.7 Å². The molecular formula is C15H21BrN2O. The molecule has 0 bridgehead atoms. The number of hydrogen-bond acceptors (Lipinski definition) is 2. The summed E-state index contributed by atoms with van der Waals surface area (Å²) in [6.07, 6.45) is 0.954. The lowest BCUT2D eigenvalue weighted by atomic mass is 10.0. The first-order chi connectivity index (χ1) is 8.81. The van der Waals surface area contributed by atoms with E-state index in [0.29, 0.717) is 6.04 Å². The number of rotatable bonds is 1. The molecule has 0 aromatic heterocycles. The van der Waals surface area contributed by atoms with Gasteiger partial charge < -0.3 is 10.2 Å². The zero-order valence-electron chi connectivity index (χ0n) is 12.0. The number of hydrogen-bond donors (Lipinski definition) is 1. The summed E-state index contributed by atoms with van der Waals surface area (Å²) in [7, 11) is 0. The Morgan fingerprint density at radius 3 is 2.74 bits per heavy atom. The van der Waals surface area contributed by atoms with Crippen LogP contribution >= 0.6 is 15.9 Å². The van der Waals surface area contributed by atoms with Crippen molar-refractivity contribution in [3.63, 3.8) is 0 Å². The first-order valence-electron chi connectivity index (χ1n) is 6.67. The smallest absolute Gasteiger partial charge is 0.246 e. The fourth-order valence-corrected chi connectivity index (χ4v) is 3.28. The Kier molecular flexibility index (Phi) is 4.02. The molecule has 0 aliphatic carbocycles. The highest BCUT2D eigenvalue weighted by Gasteiger charge is 2.36. The van der Waals surface area contributed by atoms with Gasteiger partial charge in [0.05, 0.1) is 11.2 Å². The summed E-state index contributed by atoms with van der Waals surface area (Å²) in [6.45, 7) is 8.83. The van der Waals surface area contributed by atoms with Gasteiger partial charge in [0.1, 0.15) is 0 Å². The van der Waals surface area contributed by atoms with Crippen LogP contribution in [0.2, 0.25) is 0 Å². The molecular weight excluding hydrogens is 304 g/mol. The predicted octanol–water partition coefficient (Wildman–Crippen LogP) is 3.25. The number of carbonyl (C=O) groups is 1. The van der Waals surface area contributed by atoms with Crippen molar-refractivity contribution < 1.29 is 4.79 Å². The molecule has 1 N–H and O–H groups in total. The van der Waals surface area contributed by atoms with Crippen LogP contribution in [0.25, 0.3) is 0 Å². The second-order valence-electron chi connectivity index (χ2n) is 5.87. The third-order valence-electron chi connectivity index (χ3n) is 3.57. The molecule has 1 atom stereocenters. The molecule has 1 aliphatic heterocycles. The number of carbonyl (C=O) groups excluding carboxylic acids is 1. The summed E-state index contributed by atoms with van der Waals surface area (Å²) in [5, 5.41) is 3.39. The van der Waals surface area contributed by atoms with Gasteiger partial charge in [0, 0.05) is 17.1 Å². The largest absolute Gasteiger partial charge is 0.310 e. The van der Waals surface area contributed by atoms with Crippen LogP contribution in [0.5, 0.6) is 0 Å². The van der Waals surface area contributed by atoms with Crippen molar-refractivity contribution in [1.82, 2.24) is 5.32 Å². The summed E-state index contributed by atoms with van der Waals surface area (Å²) < 4.78 is 0.978. The maximum atomic E-state index is 12.7. The standard InChI is InChI=1S/C15H21BrN2O/c1-10-5-6-13(12(16)9-10)18-8-7-11(2)17-15(3,4)14(18)19/h5-6,9,11,17H,7-8H2,1-4H3. The van der Waals surface area contributed by atoms with E-state index in [4.69, 9.17) is 0 Å². The molecule has 2 rings (SSSR count). The molecule has 104 valence electrons. The van der Waals surface area contributed by atoms with Gasteiger partial charge in [-0.1, -0.05) is 6.07 Å². The second-order valence-corrected chi connectivity index (χ2v) is 6.73. The number of nitrogens with one attached hydrogen (secondary N) is 1. The SMILES string of the molecule is Cc1ccc(N2CCC(C)NC(C)(C)C2=O)c(Br)c1. The minimum atomic E-state index is -0.528. The van der Waals surface area contributed by atoms with Gasteiger partial charge in [0.2, 0.25) is 5.91 Å². The summed E-state index contributed by atoms with van der Waals surface area (Å²) >= 11 is 3.57. The highest BCUT2D eigenvalue weighted by molar-refractivity contribution is 9.10. The Morgan fingerprint density at radius 2 is 2.11 bits per heavy atom. The van der Waals surface area contributed by atoms with Gasteiger partial charge in [-0.25, -0.2) is 0 Å². The molecule has 1 aliphatic rings. The monoisotopic (exact) mass is 324 g/mol. The molecule has 1 heterocycles. The fourth-order valence-electron chi connectivity index (χ4n) is 2.57. The lowest BCUT2D eigenvalue weighted by Crippen LogP contribution is -2.53. The topological polar surface area (TPSA) is 32.3 Å². The van der Waals surface area contributed by atoms with Gasteiger partial charge >= 0.3 is 0 Å². The number of anilines is 1. The quantitative estimate of drug-likeness (QED) is 0.860. The Morgan fingerprint density at radius 1 is 1.42 bits per heavy atom. The molecule has 1 saturated heterocycles. The number of halogens is 1. The van der Waals surface area contributed by atoms with Crippen LogP contribution in [-0.4, -0.2) is 24.0 Å². The first kappa shape index (κ1) is 14.5. The van der Waals surface area contributed by atoms with Crippen LogP contribution in [-0.2, 0) is 4.79 Å². The average Bonchev–Trinajstić information content (AvgIpc) is 2.38. The van der Waals surface area contributed by atoms with E-state index >= 15 is 0 Å². The van der Waals surface area contributed by atoms with Gasteiger partial charge in [-0.2, -0.15) is 0 Å². The minimum Gasteiger partial charge on any atom is -0.310 e. The van der Waals surface area contributed by atoms with Crippen molar-refractivity contribution >= 4 is 27.5 Å². The lowest BCUT2D eigenvalue weighted by molar-refractivity contribution is -0.123. The zero-order chi connectivity index (χ0) is 14.2. The van der Waals surface area contributed by atoms with Crippen LogP contribution in [0.4, 0.5) is 5.69 Å². The van der Waals surface area contributed by atoms with Gasteiger partial charge in [-0.15, -0.1) is 0 Å². The van der Waals surface area contributed by atoms with Gasteiger partial charge in [0.15, 0.2) is 0 Å². The van der Waals surface area contributed by atoms with Crippen LogP contribution in [0, 0.1) is 6.92 Å². The predicted molar refractivity (Wildman–Crippen MR) is 82.5 cm³/mol. The highest BCUT2D eigenvalue weighted by atomic mass is 79.9. The maximum Gasteiger partial charge on any atom is 0.246 e. The Labute approximate surface area is 123 Å². The molecule has 0 radical (unpaired) electrons. The van der Waals surface area contributed by atoms with E-state index < -0.39 is 5.54 Å². The third-order valence-corrected chi connectivity index (χ3v) is 4.20. The fraction of sp³-hybridized carbons (Fsp3) is 0.533. The number of nitrogens with zero attached hydrogens (tertiary/aromatic N) is 1. The first-order valence-corrected chi connectivity index (χ1v) is 7.46. The summed E-state index contributed by atoms with van der Waals surface area (Å²) in [5.74, 6) is 0.126. The Balaban J connectivity index is 2.39. The molecule has 19 heavy (non-hydrogen) atoms. The van der Waals surface area contributed by atoms with Crippen molar-refractivity contribution in [1.29, 1.82) is 0 Å². The van der Waals surface area contributed by atoms with Crippen molar-refractivity contribution in [2.75, 3.05) is 11.4 Å². The molecule has 1 aromatic rings. The van der Waals surface area contributed by atoms with Crippen LogP contribution < -0.4 is 10.2 Å². The third kappa shape index (κ3) is 3.00. The lowest BCUT2D eigenvalue weighted by Gasteiger charge is -2.30. The number of benzene rings is 1. The van der Waals surface area contributed by atoms with E-state index in [-0.39, 0.29) is 5.91 Å². The van der Waals surface area contributed by atoms with E-state index in [2.05, 4.69) is 34.2 Å². The Bertz CT molecular complexity index is 499. The van der Waals surface area contributed by atoms with Gasteiger partial charge in [-0.3, -0.25) is 4.79 Å². The van der Waals surface area contributed by atoms with Gasteiger partial charge in [-0.05, 0) is 67.7 Å². The Hall–Kier alpha value is -0.870. The number of amides is 1. The van der Waals surface area contributed by atoms with E-state index in [1.165, 1.54) is 5.56 Å². The maximum absolute atomic E-state index is 12.7. The summed E-state index contributed by atoms with van der Waals surface area (Å²) in [6, 6.07) is 6.45. The van der Waals surface area contributed by atoms with Gasteiger partial charge in [0.25, 0.3) is 0 Å².